The van der Waals surface area contributed by atoms with Crippen molar-refractivity contribution in [3.8, 4) is 5.75 Å². The zero-order valence-corrected chi connectivity index (χ0v) is 13.1. The van der Waals surface area contributed by atoms with E-state index in [1.807, 2.05) is 0 Å². The first-order valence-electron chi connectivity index (χ1n) is 5.80. The molecule has 0 atom stereocenters. The molecule has 0 aliphatic carbocycles. The maximum Gasteiger partial charge on any atom is 0.216 e. The second kappa shape index (κ2) is 5.50. The summed E-state index contributed by atoms with van der Waals surface area (Å²) < 4.78 is 33.2. The molecule has 0 unspecified atom stereocenters. The van der Waals surface area contributed by atoms with Gasteiger partial charge in [0.2, 0.25) is 5.78 Å². The van der Waals surface area contributed by atoms with Gasteiger partial charge in [0.15, 0.2) is 21.3 Å². The number of aryl methyl sites for hydroxylation is 1. The van der Waals surface area contributed by atoms with Crippen molar-refractivity contribution >= 4 is 27.2 Å². The third kappa shape index (κ3) is 2.93. The van der Waals surface area contributed by atoms with Gasteiger partial charge in [0.1, 0.15) is 10.7 Å². The van der Waals surface area contributed by atoms with Gasteiger partial charge in [-0.15, -0.1) is 0 Å². The van der Waals surface area contributed by atoms with E-state index in [2.05, 4.69) is 5.16 Å². The average Bonchev–Trinajstić information content (AvgIpc) is 2.83. The summed E-state index contributed by atoms with van der Waals surface area (Å²) >= 11 is 6.10. The zero-order chi connectivity index (χ0) is 15.8. The van der Waals surface area contributed by atoms with Crippen molar-refractivity contribution in [2.45, 2.75) is 11.8 Å². The topological polar surface area (TPSA) is 86.5 Å². The molecule has 0 N–H and O–H groups in total. The van der Waals surface area contributed by atoms with E-state index in [-0.39, 0.29) is 26.9 Å². The Bertz CT molecular complexity index is 810. The van der Waals surface area contributed by atoms with Gasteiger partial charge < -0.3 is 9.26 Å². The van der Waals surface area contributed by atoms with Gasteiger partial charge in [-0.2, -0.15) is 0 Å². The Balaban J connectivity index is 2.60. The van der Waals surface area contributed by atoms with Crippen molar-refractivity contribution in [3.63, 3.8) is 0 Å². The van der Waals surface area contributed by atoms with Crippen LogP contribution in [-0.2, 0) is 9.84 Å². The minimum Gasteiger partial charge on any atom is -0.494 e. The molecule has 0 aliphatic rings. The highest BCUT2D eigenvalue weighted by molar-refractivity contribution is 7.90. The van der Waals surface area contributed by atoms with Gasteiger partial charge in [0.05, 0.1) is 12.1 Å². The van der Waals surface area contributed by atoms with Gasteiger partial charge in [0, 0.05) is 17.9 Å². The van der Waals surface area contributed by atoms with E-state index in [1.165, 1.54) is 25.3 Å². The lowest BCUT2D eigenvalue weighted by Crippen LogP contribution is -2.07. The highest BCUT2D eigenvalue weighted by atomic mass is 35.5. The van der Waals surface area contributed by atoms with Crippen molar-refractivity contribution in [1.82, 2.24) is 5.16 Å². The second-order valence-electron chi connectivity index (χ2n) is 4.38. The molecule has 2 aromatic rings. The van der Waals surface area contributed by atoms with Crippen LogP contribution in [0.3, 0.4) is 0 Å². The highest BCUT2D eigenvalue weighted by Crippen LogP contribution is 2.35. The summed E-state index contributed by atoms with van der Waals surface area (Å²) in [6.45, 7) is 1.65. The molecule has 0 radical (unpaired) electrons. The van der Waals surface area contributed by atoms with E-state index in [0.29, 0.717) is 5.76 Å². The summed E-state index contributed by atoms with van der Waals surface area (Å²) in [7, 11) is -2.24. The van der Waals surface area contributed by atoms with E-state index in [9.17, 15) is 13.2 Å². The van der Waals surface area contributed by atoms with Crippen molar-refractivity contribution < 1.29 is 22.5 Å². The first kappa shape index (κ1) is 15.5. The number of carbonyl (C=O) groups is 1. The van der Waals surface area contributed by atoms with Gasteiger partial charge in [0.25, 0.3) is 0 Å². The molecule has 0 spiro atoms. The van der Waals surface area contributed by atoms with Gasteiger partial charge >= 0.3 is 0 Å². The smallest absolute Gasteiger partial charge is 0.216 e. The Morgan fingerprint density at radius 1 is 1.38 bits per heavy atom. The van der Waals surface area contributed by atoms with Crippen LogP contribution in [0, 0.1) is 6.92 Å². The second-order valence-corrected chi connectivity index (χ2v) is 6.74. The number of rotatable bonds is 4. The highest BCUT2D eigenvalue weighted by Gasteiger charge is 2.24. The summed E-state index contributed by atoms with van der Waals surface area (Å²) in [5.74, 6) is -0.0605. The van der Waals surface area contributed by atoms with Gasteiger partial charge in [-0.1, -0.05) is 16.8 Å². The normalized spacial score (nSPS) is 11.4. The Hall–Kier alpha value is -1.86. The van der Waals surface area contributed by atoms with Crippen LogP contribution in [0.1, 0.15) is 21.8 Å². The number of methoxy groups -OCH3 is 1. The monoisotopic (exact) mass is 329 g/mol. The minimum atomic E-state index is -3.53. The first-order valence-corrected chi connectivity index (χ1v) is 8.07. The molecule has 1 aromatic carbocycles. The van der Waals surface area contributed by atoms with Gasteiger partial charge in [-0.05, 0) is 19.1 Å². The molecule has 1 heterocycles. The predicted molar refractivity (Wildman–Crippen MR) is 75.8 cm³/mol. The minimum absolute atomic E-state index is 0.0646. The molecule has 2 rings (SSSR count). The van der Waals surface area contributed by atoms with Crippen LogP contribution in [0.4, 0.5) is 0 Å². The predicted octanol–water partition coefficient (Wildman–Crippen LogP) is 2.28. The summed E-state index contributed by atoms with van der Waals surface area (Å²) in [5, 5.41) is 3.54. The summed E-state index contributed by atoms with van der Waals surface area (Å²) in [6.07, 6.45) is 1.03. The third-order valence-electron chi connectivity index (χ3n) is 2.77. The lowest BCUT2D eigenvalue weighted by atomic mass is 10.1. The van der Waals surface area contributed by atoms with Crippen LogP contribution in [0.2, 0.25) is 5.02 Å². The molecule has 0 saturated carbocycles. The van der Waals surface area contributed by atoms with Crippen molar-refractivity contribution in [2.24, 2.45) is 0 Å². The number of sulfone groups is 1. The molecule has 8 heteroatoms. The standard InChI is InChI=1S/C13H12ClNO5S/c1-7-6-9(15-20-7)12(16)8-4-5-10(21(3,17)18)13(19-2)11(8)14/h4-6H,1-3H3. The number of benzene rings is 1. The van der Waals surface area contributed by atoms with Crippen molar-refractivity contribution in [3.05, 3.63) is 40.2 Å². The molecule has 0 aliphatic heterocycles. The number of carbonyl (C=O) groups excluding carboxylic acids is 1. The summed E-state index contributed by atoms with van der Waals surface area (Å²) in [5.41, 5.74) is 0.178. The van der Waals surface area contributed by atoms with Crippen LogP contribution in [0.5, 0.6) is 5.75 Å². The number of nitrogens with zero attached hydrogens (tertiary/aromatic N) is 1. The fourth-order valence-corrected chi connectivity index (χ4v) is 3.03. The lowest BCUT2D eigenvalue weighted by Gasteiger charge is -2.11. The maximum absolute atomic E-state index is 12.3. The number of hydrogen-bond donors (Lipinski definition) is 0. The molecule has 21 heavy (non-hydrogen) atoms. The fraction of sp³-hybridized carbons (Fsp3) is 0.231. The van der Waals surface area contributed by atoms with Crippen LogP contribution >= 0.6 is 11.6 Å². The quantitative estimate of drug-likeness (QED) is 0.800. The van der Waals surface area contributed by atoms with E-state index in [0.717, 1.165) is 6.26 Å². The zero-order valence-electron chi connectivity index (χ0n) is 11.5. The lowest BCUT2D eigenvalue weighted by molar-refractivity contribution is 0.103. The Kier molecular flexibility index (Phi) is 4.06. The molecule has 0 fully saturated rings. The molecule has 6 nitrogen and oxygen atoms in total. The first-order chi connectivity index (χ1) is 9.75. The molecule has 0 saturated heterocycles. The van der Waals surface area contributed by atoms with Gasteiger partial charge in [-0.25, -0.2) is 8.42 Å². The Labute approximate surface area is 126 Å². The SMILES string of the molecule is COc1c(S(C)(=O)=O)ccc(C(=O)c2cc(C)on2)c1Cl. The number of hydrogen-bond acceptors (Lipinski definition) is 6. The molecule has 0 bridgehead atoms. The molecule has 1 aromatic heterocycles. The number of aromatic nitrogens is 1. The molecular formula is C13H12ClNO5S. The average molecular weight is 330 g/mol. The van der Waals surface area contributed by atoms with Crippen LogP contribution in [-0.4, -0.2) is 32.7 Å². The van der Waals surface area contributed by atoms with Crippen LogP contribution < -0.4 is 4.74 Å². The van der Waals surface area contributed by atoms with Crippen molar-refractivity contribution in [2.75, 3.05) is 13.4 Å². The summed E-state index contributed by atoms with van der Waals surface area (Å²) in [6, 6.07) is 4.07. The van der Waals surface area contributed by atoms with Crippen LogP contribution in [0.25, 0.3) is 0 Å². The van der Waals surface area contributed by atoms with E-state index < -0.39 is 15.6 Å². The molecular weight excluding hydrogens is 318 g/mol. The largest absolute Gasteiger partial charge is 0.494 e. The number of halogens is 1. The summed E-state index contributed by atoms with van der Waals surface area (Å²) in [4.78, 5) is 12.2. The molecule has 112 valence electrons. The van der Waals surface area contributed by atoms with E-state index >= 15 is 0 Å². The maximum atomic E-state index is 12.3. The third-order valence-corrected chi connectivity index (χ3v) is 4.27. The van der Waals surface area contributed by atoms with Gasteiger partial charge in [-0.3, -0.25) is 4.79 Å². The van der Waals surface area contributed by atoms with Crippen molar-refractivity contribution in [1.29, 1.82) is 0 Å². The van der Waals surface area contributed by atoms with E-state index in [1.54, 1.807) is 6.92 Å². The Morgan fingerprint density at radius 2 is 2.05 bits per heavy atom. The molecule has 0 amide bonds. The van der Waals surface area contributed by atoms with E-state index in [4.69, 9.17) is 20.9 Å². The number of ether oxygens (including phenoxy) is 1. The number of ketones is 1. The fourth-order valence-electron chi connectivity index (χ4n) is 1.81. The van der Waals surface area contributed by atoms with Crippen LogP contribution in [0.15, 0.2) is 27.6 Å². The Morgan fingerprint density at radius 3 is 2.52 bits per heavy atom.